The Labute approximate surface area is 121 Å². The van der Waals surface area contributed by atoms with E-state index in [1.165, 1.54) is 12.1 Å². The van der Waals surface area contributed by atoms with Crippen molar-refractivity contribution in [1.82, 2.24) is 0 Å². The molecule has 110 valence electrons. The van der Waals surface area contributed by atoms with Crippen molar-refractivity contribution in [2.45, 2.75) is 12.3 Å². The van der Waals surface area contributed by atoms with Gasteiger partial charge >= 0.3 is 12.3 Å². The number of fused-ring (bicyclic) bond motifs is 1. The highest BCUT2D eigenvalue weighted by molar-refractivity contribution is 6.31. The number of hydrogen-bond donors (Lipinski definition) is 1. The van der Waals surface area contributed by atoms with Crippen molar-refractivity contribution >= 4 is 23.8 Å². The molecular formula is C13H6ClF3O4. The second kappa shape index (κ2) is 5.22. The largest absolute Gasteiger partial charge is 0.511 e. The first-order chi connectivity index (χ1) is 9.72. The van der Waals surface area contributed by atoms with E-state index >= 15 is 0 Å². The minimum absolute atomic E-state index is 0.0253. The highest BCUT2D eigenvalue weighted by Crippen LogP contribution is 2.40. The van der Waals surface area contributed by atoms with Gasteiger partial charge in [-0.3, -0.25) is 0 Å². The standard InChI is InChI=1S/C13H6ClF3O4/c1-2-6-3-8(14)4-7-5-9(20-12(18)19)11(13(15,16)17)21-10(6)7/h1,3-5,11H,(H,18,19). The van der Waals surface area contributed by atoms with Crippen LogP contribution in [-0.4, -0.2) is 23.5 Å². The van der Waals surface area contributed by atoms with Gasteiger partial charge in [-0.05, 0) is 18.2 Å². The van der Waals surface area contributed by atoms with Gasteiger partial charge in [0.05, 0.1) is 5.56 Å². The number of terminal acetylenes is 1. The maximum absolute atomic E-state index is 12.9. The fourth-order valence-corrected chi connectivity index (χ4v) is 2.00. The van der Waals surface area contributed by atoms with Crippen LogP contribution in [-0.2, 0) is 4.74 Å². The second-order valence-electron chi connectivity index (χ2n) is 3.97. The van der Waals surface area contributed by atoms with E-state index in [-0.39, 0.29) is 21.9 Å². The number of carboxylic acid groups (broad SMARTS) is 1. The molecule has 0 aromatic heterocycles. The zero-order valence-corrected chi connectivity index (χ0v) is 10.8. The van der Waals surface area contributed by atoms with E-state index in [1.807, 2.05) is 0 Å². The number of rotatable bonds is 1. The lowest BCUT2D eigenvalue weighted by Gasteiger charge is -2.28. The molecule has 0 bridgehead atoms. The molecule has 0 aliphatic carbocycles. The average Bonchev–Trinajstić information content (AvgIpc) is 2.34. The van der Waals surface area contributed by atoms with Crippen LogP contribution in [0.4, 0.5) is 18.0 Å². The smallest absolute Gasteiger partial charge is 0.471 e. The fourth-order valence-electron chi connectivity index (χ4n) is 1.78. The van der Waals surface area contributed by atoms with E-state index in [2.05, 4.69) is 10.7 Å². The summed E-state index contributed by atoms with van der Waals surface area (Å²) < 4.78 is 47.7. The summed E-state index contributed by atoms with van der Waals surface area (Å²) >= 11 is 5.78. The van der Waals surface area contributed by atoms with Crippen molar-refractivity contribution < 1.29 is 32.5 Å². The minimum Gasteiger partial charge on any atom is -0.471 e. The molecule has 1 atom stereocenters. The number of carbonyl (C=O) groups is 1. The molecule has 1 unspecified atom stereocenters. The summed E-state index contributed by atoms with van der Waals surface area (Å²) in [6, 6.07) is 2.56. The van der Waals surface area contributed by atoms with Gasteiger partial charge in [0.1, 0.15) is 5.75 Å². The Bertz CT molecular complexity index is 673. The summed E-state index contributed by atoms with van der Waals surface area (Å²) in [6.07, 6.45) is -3.24. The van der Waals surface area contributed by atoms with E-state index in [4.69, 9.17) is 27.9 Å². The van der Waals surface area contributed by atoms with Crippen LogP contribution in [0.15, 0.2) is 17.9 Å². The van der Waals surface area contributed by atoms with Gasteiger partial charge in [-0.25, -0.2) is 4.79 Å². The van der Waals surface area contributed by atoms with E-state index < -0.39 is 24.2 Å². The van der Waals surface area contributed by atoms with Crippen molar-refractivity contribution in [2.75, 3.05) is 0 Å². The van der Waals surface area contributed by atoms with Crippen LogP contribution in [0.25, 0.3) is 6.08 Å². The topological polar surface area (TPSA) is 55.8 Å². The molecule has 4 nitrogen and oxygen atoms in total. The van der Waals surface area contributed by atoms with Crippen molar-refractivity contribution in [3.05, 3.63) is 34.0 Å². The molecule has 1 N–H and O–H groups in total. The highest BCUT2D eigenvalue weighted by atomic mass is 35.5. The number of halogens is 4. The van der Waals surface area contributed by atoms with E-state index in [1.54, 1.807) is 0 Å². The Balaban J connectivity index is 2.59. The Hall–Kier alpha value is -2.33. The van der Waals surface area contributed by atoms with Crippen LogP contribution < -0.4 is 4.74 Å². The van der Waals surface area contributed by atoms with E-state index in [0.717, 1.165) is 6.08 Å². The summed E-state index contributed by atoms with van der Waals surface area (Å²) in [4.78, 5) is 10.5. The summed E-state index contributed by atoms with van der Waals surface area (Å²) in [7, 11) is 0. The quantitative estimate of drug-likeness (QED) is 0.634. The van der Waals surface area contributed by atoms with Crippen molar-refractivity contribution in [3.8, 4) is 18.1 Å². The molecule has 0 saturated heterocycles. The van der Waals surface area contributed by atoms with Crippen LogP contribution >= 0.6 is 11.6 Å². The van der Waals surface area contributed by atoms with Gasteiger partial charge in [-0.1, -0.05) is 17.5 Å². The van der Waals surface area contributed by atoms with Crippen molar-refractivity contribution in [1.29, 1.82) is 0 Å². The van der Waals surface area contributed by atoms with E-state index in [9.17, 15) is 18.0 Å². The summed E-state index contributed by atoms with van der Waals surface area (Å²) in [5.74, 6) is 1.04. The molecule has 0 spiro atoms. The van der Waals surface area contributed by atoms with Crippen LogP contribution in [0.3, 0.4) is 0 Å². The molecule has 0 amide bonds. The molecule has 1 aliphatic heterocycles. The maximum Gasteiger partial charge on any atom is 0.511 e. The third-order valence-electron chi connectivity index (χ3n) is 2.53. The molecule has 8 heteroatoms. The average molecular weight is 319 g/mol. The van der Waals surface area contributed by atoms with Gasteiger partial charge in [0.15, 0.2) is 5.76 Å². The fraction of sp³-hybridized carbons (Fsp3) is 0.154. The lowest BCUT2D eigenvalue weighted by atomic mass is 10.0. The first-order valence-corrected chi connectivity index (χ1v) is 5.76. The third-order valence-corrected chi connectivity index (χ3v) is 2.75. The molecule has 1 aromatic carbocycles. The molecule has 0 saturated carbocycles. The molecule has 1 aromatic rings. The van der Waals surface area contributed by atoms with Crippen LogP contribution in [0.1, 0.15) is 11.1 Å². The van der Waals surface area contributed by atoms with Crippen LogP contribution in [0.5, 0.6) is 5.75 Å². The van der Waals surface area contributed by atoms with Gasteiger partial charge in [0, 0.05) is 10.6 Å². The maximum atomic E-state index is 12.9. The Kier molecular flexibility index (Phi) is 3.75. The predicted molar refractivity (Wildman–Crippen MR) is 66.9 cm³/mol. The molecule has 0 radical (unpaired) electrons. The zero-order chi connectivity index (χ0) is 15.8. The zero-order valence-electron chi connectivity index (χ0n) is 10.1. The lowest BCUT2D eigenvalue weighted by Crippen LogP contribution is -2.39. The predicted octanol–water partition coefficient (Wildman–Crippen LogP) is 3.68. The van der Waals surface area contributed by atoms with Gasteiger partial charge in [0.25, 0.3) is 6.10 Å². The third kappa shape index (κ3) is 3.06. The van der Waals surface area contributed by atoms with Crippen LogP contribution in [0.2, 0.25) is 5.02 Å². The highest BCUT2D eigenvalue weighted by Gasteiger charge is 2.48. The summed E-state index contributed by atoms with van der Waals surface area (Å²) in [6.45, 7) is 0. The first-order valence-electron chi connectivity index (χ1n) is 5.38. The number of benzene rings is 1. The molecule has 1 heterocycles. The Morgan fingerprint density at radius 3 is 2.67 bits per heavy atom. The van der Waals surface area contributed by atoms with E-state index in [0.29, 0.717) is 0 Å². The Morgan fingerprint density at radius 1 is 1.48 bits per heavy atom. The number of ether oxygens (including phenoxy) is 2. The number of hydrogen-bond acceptors (Lipinski definition) is 3. The Morgan fingerprint density at radius 2 is 2.14 bits per heavy atom. The first kappa shape index (κ1) is 15.1. The van der Waals surface area contributed by atoms with Crippen LogP contribution in [0, 0.1) is 12.3 Å². The van der Waals surface area contributed by atoms with Crippen molar-refractivity contribution in [3.63, 3.8) is 0 Å². The SMILES string of the molecule is C#Cc1cc(Cl)cc2c1OC(C(F)(F)F)C(OC(=O)O)=C2. The molecule has 0 fully saturated rings. The minimum atomic E-state index is -4.87. The molecular weight excluding hydrogens is 313 g/mol. The normalized spacial score (nSPS) is 17.1. The lowest BCUT2D eigenvalue weighted by molar-refractivity contribution is -0.191. The second-order valence-corrected chi connectivity index (χ2v) is 4.41. The molecule has 1 aliphatic rings. The van der Waals surface area contributed by atoms with Gasteiger partial charge in [-0.2, -0.15) is 13.2 Å². The monoisotopic (exact) mass is 318 g/mol. The number of alkyl halides is 3. The van der Waals surface area contributed by atoms with Gasteiger partial charge in [-0.15, -0.1) is 6.42 Å². The summed E-state index contributed by atoms with van der Waals surface area (Å²) in [5.41, 5.74) is 0.129. The summed E-state index contributed by atoms with van der Waals surface area (Å²) in [5, 5.41) is 8.68. The van der Waals surface area contributed by atoms with Gasteiger partial charge < -0.3 is 14.6 Å². The van der Waals surface area contributed by atoms with Gasteiger partial charge in [0.2, 0.25) is 0 Å². The van der Waals surface area contributed by atoms with Crippen molar-refractivity contribution in [2.24, 2.45) is 0 Å². The molecule has 21 heavy (non-hydrogen) atoms. The molecule has 2 rings (SSSR count).